The molecule has 0 unspecified atom stereocenters. The molecule has 0 amide bonds. The van der Waals surface area contributed by atoms with Gasteiger partial charge in [-0.15, -0.1) is 24.0 Å². The van der Waals surface area contributed by atoms with Crippen molar-refractivity contribution >= 4 is 29.9 Å². The average molecular weight is 548 g/mol. The summed E-state index contributed by atoms with van der Waals surface area (Å²) in [6.45, 7) is 13.1. The fraction of sp³-hybridized carbons (Fsp3) is 0.708. The second-order valence-electron chi connectivity index (χ2n) is 7.91. The maximum atomic E-state index is 5.67. The minimum Gasteiger partial charge on any atom is -0.381 e. The number of unbranched alkanes of at least 4 members (excludes halogenated alkanes) is 1. The zero-order valence-electron chi connectivity index (χ0n) is 19.6. The third-order valence-corrected chi connectivity index (χ3v) is 5.60. The summed E-state index contributed by atoms with van der Waals surface area (Å²) in [4.78, 5) is 4.95. The summed E-state index contributed by atoms with van der Waals surface area (Å²) in [6.07, 6.45) is 4.28. The van der Waals surface area contributed by atoms with Gasteiger partial charge in [0.15, 0.2) is 5.96 Å². The minimum atomic E-state index is 0. The quantitative estimate of drug-likeness (QED) is 0.169. The van der Waals surface area contributed by atoms with Crippen LogP contribution in [0.3, 0.4) is 0 Å². The summed E-state index contributed by atoms with van der Waals surface area (Å²) in [5.41, 5.74) is 2.78. The van der Waals surface area contributed by atoms with E-state index in [4.69, 9.17) is 19.2 Å². The molecule has 1 aromatic carbocycles. The van der Waals surface area contributed by atoms with Gasteiger partial charge in [0.05, 0.1) is 26.4 Å². The molecule has 7 heteroatoms. The third kappa shape index (κ3) is 10.1. The molecular formula is C24H42IN3O3. The molecule has 1 aliphatic rings. The standard InChI is InChI=1S/C24H41N3O3.HI/c1-4-6-14-28-18-19-30-17-13-26-23(25-5-2)27-20-24(11-15-29-16-12-24)22-10-8-7-9-21(22)3;/h7-10H,4-6,11-20H2,1-3H3,(H2,25,26,27);1H. The van der Waals surface area contributed by atoms with E-state index >= 15 is 0 Å². The maximum absolute atomic E-state index is 5.67. The van der Waals surface area contributed by atoms with Gasteiger partial charge < -0.3 is 24.8 Å². The summed E-state index contributed by atoms with van der Waals surface area (Å²) in [6, 6.07) is 8.70. The van der Waals surface area contributed by atoms with E-state index in [9.17, 15) is 0 Å². The number of halogens is 1. The zero-order chi connectivity index (χ0) is 21.5. The molecule has 0 aliphatic carbocycles. The lowest BCUT2D eigenvalue weighted by Gasteiger charge is -2.37. The molecule has 1 saturated heterocycles. The minimum absolute atomic E-state index is 0. The lowest BCUT2D eigenvalue weighted by atomic mass is 9.72. The van der Waals surface area contributed by atoms with Gasteiger partial charge in [-0.05, 0) is 44.2 Å². The number of aryl methyl sites for hydroxylation is 1. The van der Waals surface area contributed by atoms with Gasteiger partial charge in [-0.25, -0.2) is 0 Å². The Morgan fingerprint density at radius 1 is 1.03 bits per heavy atom. The molecular weight excluding hydrogens is 505 g/mol. The van der Waals surface area contributed by atoms with Gasteiger partial charge in [0.2, 0.25) is 0 Å². The highest BCUT2D eigenvalue weighted by atomic mass is 127. The number of hydrogen-bond donors (Lipinski definition) is 2. The Kier molecular flexibility index (Phi) is 15.2. The van der Waals surface area contributed by atoms with Crippen molar-refractivity contribution in [2.45, 2.75) is 51.9 Å². The van der Waals surface area contributed by atoms with Crippen LogP contribution in [0, 0.1) is 6.92 Å². The van der Waals surface area contributed by atoms with E-state index in [2.05, 4.69) is 55.7 Å². The van der Waals surface area contributed by atoms with Crippen molar-refractivity contribution in [3.05, 3.63) is 35.4 Å². The Bertz CT molecular complexity index is 622. The van der Waals surface area contributed by atoms with E-state index < -0.39 is 0 Å². The van der Waals surface area contributed by atoms with Gasteiger partial charge in [0, 0.05) is 38.3 Å². The third-order valence-electron chi connectivity index (χ3n) is 5.60. The van der Waals surface area contributed by atoms with Crippen LogP contribution in [0.25, 0.3) is 0 Å². The number of nitrogens with zero attached hydrogens (tertiary/aromatic N) is 1. The van der Waals surface area contributed by atoms with Gasteiger partial charge in [-0.2, -0.15) is 0 Å². The molecule has 0 bridgehead atoms. The number of ether oxygens (including phenoxy) is 3. The Balaban J connectivity index is 0.00000480. The van der Waals surface area contributed by atoms with Crippen LogP contribution in [0.2, 0.25) is 0 Å². The van der Waals surface area contributed by atoms with Gasteiger partial charge >= 0.3 is 0 Å². The monoisotopic (exact) mass is 547 g/mol. The molecule has 1 aromatic rings. The second-order valence-corrected chi connectivity index (χ2v) is 7.91. The van der Waals surface area contributed by atoms with Crippen molar-refractivity contribution < 1.29 is 14.2 Å². The molecule has 6 nitrogen and oxygen atoms in total. The lowest BCUT2D eigenvalue weighted by molar-refractivity contribution is 0.0486. The number of benzene rings is 1. The highest BCUT2D eigenvalue weighted by Crippen LogP contribution is 2.36. The first-order chi connectivity index (χ1) is 14.7. The van der Waals surface area contributed by atoms with Gasteiger partial charge in [-0.1, -0.05) is 37.6 Å². The normalized spacial score (nSPS) is 15.9. The summed E-state index contributed by atoms with van der Waals surface area (Å²) in [5.74, 6) is 0.847. The van der Waals surface area contributed by atoms with Crippen molar-refractivity contribution in [1.29, 1.82) is 0 Å². The van der Waals surface area contributed by atoms with Crippen molar-refractivity contribution in [2.24, 2.45) is 4.99 Å². The van der Waals surface area contributed by atoms with Gasteiger partial charge in [0.25, 0.3) is 0 Å². The molecule has 0 saturated carbocycles. The largest absolute Gasteiger partial charge is 0.381 e. The predicted molar refractivity (Wildman–Crippen MR) is 139 cm³/mol. The molecule has 0 atom stereocenters. The van der Waals surface area contributed by atoms with Crippen molar-refractivity contribution in [3.8, 4) is 0 Å². The highest BCUT2D eigenvalue weighted by Gasteiger charge is 2.35. The Morgan fingerprint density at radius 2 is 1.74 bits per heavy atom. The predicted octanol–water partition coefficient (Wildman–Crippen LogP) is 4.05. The Morgan fingerprint density at radius 3 is 2.42 bits per heavy atom. The molecule has 31 heavy (non-hydrogen) atoms. The van der Waals surface area contributed by atoms with Gasteiger partial charge in [0.1, 0.15) is 0 Å². The number of hydrogen-bond acceptors (Lipinski definition) is 4. The summed E-state index contributed by atoms with van der Waals surface area (Å²) in [7, 11) is 0. The number of guanidine groups is 1. The second kappa shape index (κ2) is 16.7. The van der Waals surface area contributed by atoms with Crippen LogP contribution in [0.1, 0.15) is 50.7 Å². The molecule has 1 fully saturated rings. The maximum Gasteiger partial charge on any atom is 0.191 e. The summed E-state index contributed by atoms with van der Waals surface area (Å²) < 4.78 is 16.8. The molecule has 0 radical (unpaired) electrons. The molecule has 0 aromatic heterocycles. The molecule has 1 aliphatic heterocycles. The fourth-order valence-corrected chi connectivity index (χ4v) is 3.82. The SMILES string of the molecule is CCCCOCCOCCNC(=NCC1(c2ccccc2C)CCOCC1)NCC.I. The van der Waals surface area contributed by atoms with Crippen LogP contribution in [0.5, 0.6) is 0 Å². The van der Waals surface area contributed by atoms with E-state index in [-0.39, 0.29) is 29.4 Å². The molecule has 1 heterocycles. The van der Waals surface area contributed by atoms with E-state index in [1.807, 2.05) is 0 Å². The first-order valence-corrected chi connectivity index (χ1v) is 11.5. The smallest absolute Gasteiger partial charge is 0.191 e. The van der Waals surface area contributed by atoms with E-state index in [1.54, 1.807) is 0 Å². The van der Waals surface area contributed by atoms with Crippen LogP contribution >= 0.6 is 24.0 Å². The van der Waals surface area contributed by atoms with Crippen molar-refractivity contribution in [2.75, 3.05) is 59.3 Å². The molecule has 2 rings (SSSR count). The van der Waals surface area contributed by atoms with E-state index in [0.29, 0.717) is 19.8 Å². The van der Waals surface area contributed by atoms with Crippen LogP contribution in [-0.2, 0) is 19.6 Å². The van der Waals surface area contributed by atoms with Crippen LogP contribution in [0.4, 0.5) is 0 Å². The number of nitrogens with one attached hydrogen (secondary N) is 2. The Labute approximate surface area is 205 Å². The van der Waals surface area contributed by atoms with Crippen LogP contribution in [0.15, 0.2) is 29.3 Å². The number of rotatable bonds is 13. The zero-order valence-corrected chi connectivity index (χ0v) is 21.9. The van der Waals surface area contributed by atoms with E-state index in [1.165, 1.54) is 11.1 Å². The van der Waals surface area contributed by atoms with Gasteiger partial charge in [-0.3, -0.25) is 4.99 Å². The molecule has 2 N–H and O–H groups in total. The fourth-order valence-electron chi connectivity index (χ4n) is 3.82. The molecule has 0 spiro atoms. The van der Waals surface area contributed by atoms with Crippen LogP contribution in [-0.4, -0.2) is 65.2 Å². The molecule has 178 valence electrons. The van der Waals surface area contributed by atoms with Crippen molar-refractivity contribution in [3.63, 3.8) is 0 Å². The summed E-state index contributed by atoms with van der Waals surface area (Å²) in [5, 5.41) is 6.75. The first-order valence-electron chi connectivity index (χ1n) is 11.5. The lowest BCUT2D eigenvalue weighted by Crippen LogP contribution is -2.42. The van der Waals surface area contributed by atoms with Crippen molar-refractivity contribution in [1.82, 2.24) is 10.6 Å². The first kappa shape index (κ1) is 28.1. The summed E-state index contributed by atoms with van der Waals surface area (Å²) >= 11 is 0. The highest BCUT2D eigenvalue weighted by molar-refractivity contribution is 14.0. The average Bonchev–Trinajstić information content (AvgIpc) is 2.77. The van der Waals surface area contributed by atoms with Crippen LogP contribution < -0.4 is 10.6 Å². The van der Waals surface area contributed by atoms with E-state index in [0.717, 1.165) is 71.1 Å². The number of aliphatic imine (C=N–C) groups is 1. The Hall–Kier alpha value is -0.900. The topological polar surface area (TPSA) is 64.1 Å².